The molecule has 2 heterocycles. The molecule has 0 unspecified atom stereocenters. The summed E-state index contributed by atoms with van der Waals surface area (Å²) in [5, 5.41) is -0.371. The SMILES string of the molecule is CCOC(=O)COc1c(Cl)cc(/C=C2\SC(=O)N(CC(=O)N3CCc4ccccc4C3)C2=O)cc1OC. The number of benzene rings is 2. The Morgan fingerprint density at radius 2 is 1.92 bits per heavy atom. The van der Waals surface area contributed by atoms with Crippen LogP contribution in [-0.4, -0.2) is 66.2 Å². The van der Waals surface area contributed by atoms with Gasteiger partial charge in [0.15, 0.2) is 18.1 Å². The number of halogens is 1. The number of carbonyl (C=O) groups is 4. The van der Waals surface area contributed by atoms with Crippen molar-refractivity contribution in [2.75, 3.05) is 33.4 Å². The molecule has 4 rings (SSSR count). The lowest BCUT2D eigenvalue weighted by Gasteiger charge is -2.29. The van der Waals surface area contributed by atoms with Crippen LogP contribution >= 0.6 is 23.4 Å². The molecule has 2 aromatic carbocycles. The number of nitrogens with zero attached hydrogens (tertiary/aromatic N) is 2. The maximum absolute atomic E-state index is 13.0. The summed E-state index contributed by atoms with van der Waals surface area (Å²) in [4.78, 5) is 52.9. The first kappa shape index (κ1) is 26.6. The van der Waals surface area contributed by atoms with Crippen molar-refractivity contribution >= 4 is 52.5 Å². The third kappa shape index (κ3) is 6.08. The molecule has 0 aromatic heterocycles. The fourth-order valence-electron chi connectivity index (χ4n) is 4.03. The van der Waals surface area contributed by atoms with Crippen molar-refractivity contribution in [2.45, 2.75) is 19.9 Å². The number of hydrogen-bond acceptors (Lipinski definition) is 8. The third-order valence-corrected chi connectivity index (χ3v) is 7.03. The molecule has 1 saturated heterocycles. The van der Waals surface area contributed by atoms with Crippen LogP contribution in [0, 0.1) is 0 Å². The van der Waals surface area contributed by atoms with E-state index in [1.807, 2.05) is 24.3 Å². The number of imide groups is 1. The van der Waals surface area contributed by atoms with Gasteiger partial charge in [0, 0.05) is 13.1 Å². The van der Waals surface area contributed by atoms with E-state index in [-0.39, 0.29) is 47.1 Å². The Morgan fingerprint density at radius 3 is 2.65 bits per heavy atom. The van der Waals surface area contributed by atoms with E-state index in [0.29, 0.717) is 18.7 Å². The van der Waals surface area contributed by atoms with E-state index in [2.05, 4.69) is 0 Å². The molecule has 0 aliphatic carbocycles. The number of carbonyl (C=O) groups excluding carboxylic acids is 4. The number of methoxy groups -OCH3 is 1. The van der Waals surface area contributed by atoms with Gasteiger partial charge >= 0.3 is 5.97 Å². The van der Waals surface area contributed by atoms with Crippen LogP contribution in [-0.2, 0) is 32.1 Å². The predicted molar refractivity (Wildman–Crippen MR) is 138 cm³/mol. The van der Waals surface area contributed by atoms with Gasteiger partial charge in [0.05, 0.1) is 23.6 Å². The van der Waals surface area contributed by atoms with E-state index in [9.17, 15) is 19.2 Å². The largest absolute Gasteiger partial charge is 0.493 e. The summed E-state index contributed by atoms with van der Waals surface area (Å²) >= 11 is 7.09. The Balaban J connectivity index is 1.45. The van der Waals surface area contributed by atoms with Gasteiger partial charge in [-0.1, -0.05) is 35.9 Å². The van der Waals surface area contributed by atoms with Gasteiger partial charge in [0.1, 0.15) is 6.54 Å². The van der Waals surface area contributed by atoms with Gasteiger partial charge in [-0.2, -0.15) is 0 Å². The molecule has 0 radical (unpaired) electrons. The number of esters is 1. The van der Waals surface area contributed by atoms with Gasteiger partial charge in [-0.05, 0) is 60.0 Å². The Labute approximate surface area is 223 Å². The van der Waals surface area contributed by atoms with E-state index >= 15 is 0 Å². The van der Waals surface area contributed by atoms with Crippen LogP contribution in [0.2, 0.25) is 5.02 Å². The minimum absolute atomic E-state index is 0.148. The molecule has 3 amide bonds. The van der Waals surface area contributed by atoms with E-state index in [0.717, 1.165) is 28.6 Å². The van der Waals surface area contributed by atoms with Crippen LogP contribution in [0.1, 0.15) is 23.6 Å². The van der Waals surface area contributed by atoms with Crippen LogP contribution in [0.15, 0.2) is 41.3 Å². The molecule has 194 valence electrons. The molecular formula is C26H25ClN2O7S. The molecule has 11 heteroatoms. The molecule has 0 atom stereocenters. The molecule has 0 spiro atoms. The lowest BCUT2D eigenvalue weighted by Crippen LogP contribution is -2.44. The number of fused-ring (bicyclic) bond motifs is 1. The number of thioether (sulfide) groups is 1. The molecule has 0 N–H and O–H groups in total. The highest BCUT2D eigenvalue weighted by molar-refractivity contribution is 8.18. The Kier molecular flexibility index (Phi) is 8.40. The standard InChI is InChI=1S/C26H25ClN2O7S/c1-3-35-23(31)15-36-24-19(27)10-16(11-20(24)34-2)12-21-25(32)29(26(33)37-21)14-22(30)28-9-8-17-6-4-5-7-18(17)13-28/h4-7,10-12H,3,8-9,13-15H2,1-2H3/b21-12-. The van der Waals surface area contributed by atoms with Gasteiger partial charge in [0.2, 0.25) is 5.91 Å². The summed E-state index contributed by atoms with van der Waals surface area (Å²) < 4.78 is 15.6. The summed E-state index contributed by atoms with van der Waals surface area (Å²) in [6, 6.07) is 11.0. The third-order valence-electron chi connectivity index (χ3n) is 5.84. The van der Waals surface area contributed by atoms with Crippen LogP contribution in [0.3, 0.4) is 0 Å². The van der Waals surface area contributed by atoms with Crippen LogP contribution in [0.25, 0.3) is 6.08 Å². The van der Waals surface area contributed by atoms with Gasteiger partial charge in [-0.3, -0.25) is 19.3 Å². The van der Waals surface area contributed by atoms with Crippen molar-refractivity contribution in [3.8, 4) is 11.5 Å². The van der Waals surface area contributed by atoms with Crippen molar-refractivity contribution in [2.24, 2.45) is 0 Å². The van der Waals surface area contributed by atoms with E-state index in [1.165, 1.54) is 24.8 Å². The smallest absolute Gasteiger partial charge is 0.344 e. The number of rotatable bonds is 8. The number of amides is 3. The lowest BCUT2D eigenvalue weighted by molar-refractivity contribution is -0.145. The fourth-order valence-corrected chi connectivity index (χ4v) is 5.14. The second-order valence-corrected chi connectivity index (χ2v) is 9.63. The van der Waals surface area contributed by atoms with Gasteiger partial charge in [0.25, 0.3) is 11.1 Å². The average Bonchev–Trinajstić information content (AvgIpc) is 3.14. The van der Waals surface area contributed by atoms with E-state index in [1.54, 1.807) is 17.9 Å². The molecule has 0 saturated carbocycles. The second-order valence-electron chi connectivity index (χ2n) is 8.23. The molecule has 2 aromatic rings. The Bertz CT molecular complexity index is 1280. The Morgan fingerprint density at radius 1 is 1.16 bits per heavy atom. The zero-order valence-corrected chi connectivity index (χ0v) is 21.9. The maximum Gasteiger partial charge on any atom is 0.344 e. The lowest BCUT2D eigenvalue weighted by atomic mass is 10.00. The van der Waals surface area contributed by atoms with Crippen molar-refractivity contribution in [3.05, 3.63) is 63.0 Å². The van der Waals surface area contributed by atoms with Crippen LogP contribution < -0.4 is 9.47 Å². The topological polar surface area (TPSA) is 102 Å². The quantitative estimate of drug-likeness (QED) is 0.364. The molecule has 37 heavy (non-hydrogen) atoms. The first-order chi connectivity index (χ1) is 17.8. The van der Waals surface area contributed by atoms with E-state index < -0.39 is 17.1 Å². The summed E-state index contributed by atoms with van der Waals surface area (Å²) in [7, 11) is 1.41. The van der Waals surface area contributed by atoms with Gasteiger partial charge in [-0.25, -0.2) is 4.79 Å². The number of ether oxygens (including phenoxy) is 3. The predicted octanol–water partition coefficient (Wildman–Crippen LogP) is 3.91. The van der Waals surface area contributed by atoms with Crippen LogP contribution in [0.5, 0.6) is 11.5 Å². The summed E-state index contributed by atoms with van der Waals surface area (Å²) in [6.45, 7) is 2.21. The first-order valence-electron chi connectivity index (χ1n) is 11.6. The highest BCUT2D eigenvalue weighted by atomic mass is 35.5. The second kappa shape index (κ2) is 11.7. The van der Waals surface area contributed by atoms with Gasteiger partial charge < -0.3 is 19.1 Å². The molecular weight excluding hydrogens is 520 g/mol. The summed E-state index contributed by atoms with van der Waals surface area (Å²) in [5.74, 6) is -1.01. The highest BCUT2D eigenvalue weighted by Crippen LogP contribution is 2.39. The minimum Gasteiger partial charge on any atom is -0.493 e. The van der Waals surface area contributed by atoms with Gasteiger partial charge in [-0.15, -0.1) is 0 Å². The highest BCUT2D eigenvalue weighted by Gasteiger charge is 2.37. The average molecular weight is 545 g/mol. The number of hydrogen-bond donors (Lipinski definition) is 0. The fraction of sp³-hybridized carbons (Fsp3) is 0.308. The molecule has 0 bridgehead atoms. The normalized spacial score (nSPS) is 16.1. The molecule has 2 aliphatic heterocycles. The van der Waals surface area contributed by atoms with Crippen LogP contribution in [0.4, 0.5) is 4.79 Å². The maximum atomic E-state index is 13.0. The molecule has 9 nitrogen and oxygen atoms in total. The monoisotopic (exact) mass is 544 g/mol. The Hall–Kier alpha value is -3.50. The van der Waals surface area contributed by atoms with Crippen molar-refractivity contribution in [3.63, 3.8) is 0 Å². The van der Waals surface area contributed by atoms with Crippen molar-refractivity contribution in [1.82, 2.24) is 9.80 Å². The molecule has 1 fully saturated rings. The zero-order valence-electron chi connectivity index (χ0n) is 20.3. The minimum atomic E-state index is -0.557. The molecule has 2 aliphatic rings. The zero-order chi connectivity index (χ0) is 26.5. The summed E-state index contributed by atoms with van der Waals surface area (Å²) in [5.41, 5.74) is 2.75. The van der Waals surface area contributed by atoms with E-state index in [4.69, 9.17) is 25.8 Å². The van der Waals surface area contributed by atoms with Crippen molar-refractivity contribution < 1.29 is 33.4 Å². The first-order valence-corrected chi connectivity index (χ1v) is 12.8. The van der Waals surface area contributed by atoms with Crippen molar-refractivity contribution in [1.29, 1.82) is 0 Å². The summed E-state index contributed by atoms with van der Waals surface area (Å²) in [6.07, 6.45) is 2.22.